The van der Waals surface area contributed by atoms with Gasteiger partial charge in [0, 0.05) is 19.6 Å². The smallest absolute Gasteiger partial charge is 0.236 e. The van der Waals surface area contributed by atoms with E-state index in [9.17, 15) is 4.79 Å². The van der Waals surface area contributed by atoms with Crippen LogP contribution in [0, 0.1) is 17.2 Å². The first-order valence-electron chi connectivity index (χ1n) is 7.11. The van der Waals surface area contributed by atoms with Gasteiger partial charge in [-0.3, -0.25) is 9.69 Å². The Bertz CT molecular complexity index is 326. The highest BCUT2D eigenvalue weighted by molar-refractivity contribution is 5.78. The maximum absolute atomic E-state index is 12.0. The molecule has 2 unspecified atom stereocenters. The fourth-order valence-electron chi connectivity index (χ4n) is 2.84. The van der Waals surface area contributed by atoms with E-state index in [0.29, 0.717) is 38.0 Å². The van der Waals surface area contributed by atoms with Crippen LogP contribution in [0.3, 0.4) is 0 Å². The van der Waals surface area contributed by atoms with Gasteiger partial charge in [-0.1, -0.05) is 12.8 Å². The summed E-state index contributed by atoms with van der Waals surface area (Å²) in [5.41, 5.74) is 5.83. The number of carbonyl (C=O) groups is 1. The van der Waals surface area contributed by atoms with Crippen molar-refractivity contribution in [2.24, 2.45) is 11.7 Å². The van der Waals surface area contributed by atoms with Gasteiger partial charge in [0.2, 0.25) is 5.91 Å². The highest BCUT2D eigenvalue weighted by Gasteiger charge is 2.28. The molecule has 5 heteroatoms. The Morgan fingerprint density at radius 1 is 1.37 bits per heavy atom. The Morgan fingerprint density at radius 2 is 2.05 bits per heavy atom. The van der Waals surface area contributed by atoms with Crippen LogP contribution in [-0.4, -0.2) is 55.5 Å². The summed E-state index contributed by atoms with van der Waals surface area (Å²) in [6, 6.07) is 2.49. The lowest BCUT2D eigenvalue weighted by Gasteiger charge is -2.37. The minimum absolute atomic E-state index is 0.0825. The highest BCUT2D eigenvalue weighted by atomic mass is 16.2. The predicted octanol–water partition coefficient (Wildman–Crippen LogP) is 0.808. The number of hydrogen-bond acceptors (Lipinski definition) is 4. The molecule has 0 radical (unpaired) electrons. The zero-order chi connectivity index (χ0) is 14.3. The third-order valence-corrected chi connectivity index (χ3v) is 4.11. The number of nitriles is 1. The van der Waals surface area contributed by atoms with Gasteiger partial charge in [0.1, 0.15) is 0 Å². The number of nitrogens with zero attached hydrogens (tertiary/aromatic N) is 3. The molecule has 0 aromatic carbocycles. The molecule has 0 spiro atoms. The van der Waals surface area contributed by atoms with Gasteiger partial charge >= 0.3 is 0 Å². The number of amides is 1. The quantitative estimate of drug-likeness (QED) is 0.772. The molecule has 108 valence electrons. The summed E-state index contributed by atoms with van der Waals surface area (Å²) in [4.78, 5) is 15.8. The normalized spacial score (nSPS) is 23.1. The summed E-state index contributed by atoms with van der Waals surface area (Å²) in [7, 11) is 3.77. The molecule has 1 saturated carbocycles. The first-order valence-corrected chi connectivity index (χ1v) is 7.11. The van der Waals surface area contributed by atoms with Crippen LogP contribution in [0.1, 0.15) is 32.1 Å². The zero-order valence-electron chi connectivity index (χ0n) is 12.1. The fourth-order valence-corrected chi connectivity index (χ4v) is 2.84. The van der Waals surface area contributed by atoms with Crippen molar-refractivity contribution in [1.29, 1.82) is 5.26 Å². The Hall–Kier alpha value is -1.12. The molecule has 1 fully saturated rings. The van der Waals surface area contributed by atoms with E-state index < -0.39 is 0 Å². The molecule has 1 rings (SSSR count). The van der Waals surface area contributed by atoms with Crippen LogP contribution >= 0.6 is 0 Å². The molecule has 1 amide bonds. The Labute approximate surface area is 116 Å². The molecule has 2 N–H and O–H groups in total. The number of nitrogens with two attached hydrogens (primary N) is 1. The number of likely N-dealkylation sites (N-methyl/N-ethyl adjacent to an activating group) is 2. The summed E-state index contributed by atoms with van der Waals surface area (Å²) in [6.45, 7) is 1.63. The van der Waals surface area contributed by atoms with E-state index in [1.54, 1.807) is 11.9 Å². The van der Waals surface area contributed by atoms with Gasteiger partial charge in [-0.25, -0.2) is 0 Å². The summed E-state index contributed by atoms with van der Waals surface area (Å²) < 4.78 is 0. The lowest BCUT2D eigenvalue weighted by molar-refractivity contribution is -0.131. The topological polar surface area (TPSA) is 73.4 Å². The summed E-state index contributed by atoms with van der Waals surface area (Å²) >= 11 is 0. The molecule has 0 saturated heterocycles. The van der Waals surface area contributed by atoms with Crippen molar-refractivity contribution < 1.29 is 4.79 Å². The standard InChI is InChI=1S/C14H26N4O/c1-17(9-5-8-15)14(19)11-18(2)13-7-4-3-6-12(13)10-16/h12-13H,3-7,9-11,16H2,1-2H3. The second-order valence-electron chi connectivity index (χ2n) is 5.49. The fraction of sp³-hybridized carbons (Fsp3) is 0.857. The van der Waals surface area contributed by atoms with Crippen LogP contribution in [0.4, 0.5) is 0 Å². The van der Waals surface area contributed by atoms with Crippen molar-refractivity contribution in [3.63, 3.8) is 0 Å². The van der Waals surface area contributed by atoms with Crippen molar-refractivity contribution >= 4 is 5.91 Å². The van der Waals surface area contributed by atoms with Gasteiger partial charge in [-0.2, -0.15) is 5.26 Å². The van der Waals surface area contributed by atoms with Gasteiger partial charge in [-0.05, 0) is 32.4 Å². The Kier molecular flexibility index (Phi) is 6.82. The molecule has 0 aromatic heterocycles. The van der Waals surface area contributed by atoms with Gasteiger partial charge in [0.15, 0.2) is 0 Å². The molecule has 0 bridgehead atoms. The molecule has 0 aromatic rings. The molecule has 19 heavy (non-hydrogen) atoms. The van der Waals surface area contributed by atoms with Crippen LogP contribution in [-0.2, 0) is 4.79 Å². The average molecular weight is 266 g/mol. The van der Waals surface area contributed by atoms with Gasteiger partial charge in [-0.15, -0.1) is 0 Å². The predicted molar refractivity (Wildman–Crippen MR) is 75.3 cm³/mol. The molecule has 2 atom stereocenters. The van der Waals surface area contributed by atoms with Gasteiger partial charge < -0.3 is 10.6 Å². The minimum atomic E-state index is 0.0825. The van der Waals surface area contributed by atoms with E-state index in [0.717, 1.165) is 6.42 Å². The van der Waals surface area contributed by atoms with Crippen LogP contribution in [0.2, 0.25) is 0 Å². The SMILES string of the molecule is CN(CCC#N)C(=O)CN(C)C1CCCCC1CN. The lowest BCUT2D eigenvalue weighted by atomic mass is 9.84. The van der Waals surface area contributed by atoms with E-state index in [1.165, 1.54) is 19.3 Å². The van der Waals surface area contributed by atoms with Crippen molar-refractivity contribution in [2.75, 3.05) is 33.7 Å². The largest absolute Gasteiger partial charge is 0.344 e. The zero-order valence-corrected chi connectivity index (χ0v) is 12.1. The second-order valence-corrected chi connectivity index (χ2v) is 5.49. The Balaban J connectivity index is 2.46. The monoisotopic (exact) mass is 266 g/mol. The first kappa shape index (κ1) is 15.9. The van der Waals surface area contributed by atoms with Gasteiger partial charge in [0.05, 0.1) is 19.0 Å². The average Bonchev–Trinajstić information content (AvgIpc) is 2.44. The van der Waals surface area contributed by atoms with Crippen molar-refractivity contribution in [3.05, 3.63) is 0 Å². The first-order chi connectivity index (χ1) is 9.10. The summed E-state index contributed by atoms with van der Waals surface area (Å²) in [5, 5.41) is 8.54. The van der Waals surface area contributed by atoms with E-state index in [-0.39, 0.29) is 5.91 Å². The molecular weight excluding hydrogens is 240 g/mol. The van der Waals surface area contributed by atoms with Gasteiger partial charge in [0.25, 0.3) is 0 Å². The molecule has 1 aliphatic rings. The Morgan fingerprint density at radius 3 is 2.68 bits per heavy atom. The number of carbonyl (C=O) groups excluding carboxylic acids is 1. The van der Waals surface area contributed by atoms with E-state index in [1.807, 2.05) is 7.05 Å². The third-order valence-electron chi connectivity index (χ3n) is 4.11. The van der Waals surface area contributed by atoms with Crippen LogP contribution < -0.4 is 5.73 Å². The van der Waals surface area contributed by atoms with E-state index >= 15 is 0 Å². The second kappa shape index (κ2) is 8.13. The van der Waals surface area contributed by atoms with Crippen LogP contribution in [0.5, 0.6) is 0 Å². The molecule has 0 heterocycles. The molecular formula is C14H26N4O. The van der Waals surface area contributed by atoms with Crippen molar-refractivity contribution in [2.45, 2.75) is 38.1 Å². The van der Waals surface area contributed by atoms with E-state index in [4.69, 9.17) is 11.0 Å². The molecule has 0 aliphatic heterocycles. The summed E-state index contributed by atoms with van der Waals surface area (Å²) in [6.07, 6.45) is 5.17. The van der Waals surface area contributed by atoms with Crippen LogP contribution in [0.15, 0.2) is 0 Å². The molecule has 5 nitrogen and oxygen atoms in total. The maximum Gasteiger partial charge on any atom is 0.236 e. The summed E-state index contributed by atoms with van der Waals surface area (Å²) in [5.74, 6) is 0.593. The number of rotatable bonds is 6. The highest BCUT2D eigenvalue weighted by Crippen LogP contribution is 2.27. The minimum Gasteiger partial charge on any atom is -0.344 e. The molecule has 1 aliphatic carbocycles. The maximum atomic E-state index is 12.0. The van der Waals surface area contributed by atoms with Crippen molar-refractivity contribution in [1.82, 2.24) is 9.80 Å². The lowest BCUT2D eigenvalue weighted by Crippen LogP contribution is -2.47. The van der Waals surface area contributed by atoms with Crippen molar-refractivity contribution in [3.8, 4) is 6.07 Å². The third kappa shape index (κ3) is 4.81. The van der Waals surface area contributed by atoms with E-state index in [2.05, 4.69) is 11.0 Å². The number of hydrogen-bond donors (Lipinski definition) is 1. The van der Waals surface area contributed by atoms with Crippen LogP contribution in [0.25, 0.3) is 0 Å².